The highest BCUT2D eigenvalue weighted by atomic mass is 79.9. The lowest BCUT2D eigenvalue weighted by Gasteiger charge is -2.26. The Labute approximate surface area is 126 Å². The van der Waals surface area contributed by atoms with Gasteiger partial charge in [-0.25, -0.2) is 0 Å². The number of hydrogen-bond donors (Lipinski definition) is 1. The summed E-state index contributed by atoms with van der Waals surface area (Å²) in [5.41, 5.74) is 3.01. The van der Waals surface area contributed by atoms with E-state index in [1.165, 1.54) is 11.1 Å². The number of carbonyl (C=O) groups is 1. The third-order valence-corrected chi connectivity index (χ3v) is 4.25. The van der Waals surface area contributed by atoms with Gasteiger partial charge in [0.05, 0.1) is 10.5 Å². The third kappa shape index (κ3) is 2.50. The van der Waals surface area contributed by atoms with Gasteiger partial charge in [0, 0.05) is 13.2 Å². The SMILES string of the molecule is Cn1cc(Br)c(C(=O)NC2CCCc3ccccc32)n1. The molecule has 1 unspecified atom stereocenters. The number of aromatic nitrogens is 2. The summed E-state index contributed by atoms with van der Waals surface area (Å²) in [6, 6.07) is 8.41. The van der Waals surface area contributed by atoms with Gasteiger partial charge in [-0.3, -0.25) is 9.48 Å². The molecule has 1 aromatic heterocycles. The minimum Gasteiger partial charge on any atom is -0.344 e. The zero-order chi connectivity index (χ0) is 14.1. The Morgan fingerprint density at radius 3 is 3.00 bits per heavy atom. The van der Waals surface area contributed by atoms with Crippen LogP contribution in [0.3, 0.4) is 0 Å². The van der Waals surface area contributed by atoms with Gasteiger partial charge in [-0.05, 0) is 46.3 Å². The second kappa shape index (κ2) is 5.40. The van der Waals surface area contributed by atoms with Crippen molar-refractivity contribution in [2.24, 2.45) is 7.05 Å². The Hall–Kier alpha value is -1.62. The molecule has 0 fully saturated rings. The smallest absolute Gasteiger partial charge is 0.273 e. The second-order valence-corrected chi connectivity index (χ2v) is 5.97. The van der Waals surface area contributed by atoms with Gasteiger partial charge in [-0.2, -0.15) is 5.10 Å². The highest BCUT2D eigenvalue weighted by molar-refractivity contribution is 9.10. The number of nitrogens with zero attached hydrogens (tertiary/aromatic N) is 2. The van der Waals surface area contributed by atoms with Crippen LogP contribution in [0.25, 0.3) is 0 Å². The van der Waals surface area contributed by atoms with E-state index in [1.54, 1.807) is 17.9 Å². The number of halogens is 1. The number of aryl methyl sites for hydroxylation is 2. The normalized spacial score (nSPS) is 17.6. The van der Waals surface area contributed by atoms with Crippen molar-refractivity contribution in [3.63, 3.8) is 0 Å². The zero-order valence-corrected chi connectivity index (χ0v) is 12.9. The average Bonchev–Trinajstić information content (AvgIpc) is 2.78. The fourth-order valence-electron chi connectivity index (χ4n) is 2.74. The van der Waals surface area contributed by atoms with E-state index in [4.69, 9.17) is 0 Å². The van der Waals surface area contributed by atoms with Gasteiger partial charge in [0.1, 0.15) is 0 Å². The van der Waals surface area contributed by atoms with Gasteiger partial charge >= 0.3 is 0 Å². The Bertz CT molecular complexity index is 650. The van der Waals surface area contributed by atoms with Crippen molar-refractivity contribution in [2.75, 3.05) is 0 Å². The van der Waals surface area contributed by atoms with Crippen LogP contribution in [0.15, 0.2) is 34.9 Å². The maximum absolute atomic E-state index is 12.3. The van der Waals surface area contributed by atoms with E-state index in [1.807, 2.05) is 6.07 Å². The summed E-state index contributed by atoms with van der Waals surface area (Å²) < 4.78 is 2.36. The summed E-state index contributed by atoms with van der Waals surface area (Å²) in [5, 5.41) is 7.29. The van der Waals surface area contributed by atoms with E-state index in [9.17, 15) is 4.79 Å². The maximum atomic E-state index is 12.3. The van der Waals surface area contributed by atoms with Crippen LogP contribution in [-0.4, -0.2) is 15.7 Å². The van der Waals surface area contributed by atoms with E-state index in [-0.39, 0.29) is 11.9 Å². The van der Waals surface area contributed by atoms with Crippen LogP contribution in [0.4, 0.5) is 0 Å². The summed E-state index contributed by atoms with van der Waals surface area (Å²) in [6.07, 6.45) is 4.96. The highest BCUT2D eigenvalue weighted by Gasteiger charge is 2.23. The molecule has 0 saturated heterocycles. The molecule has 0 radical (unpaired) electrons. The largest absolute Gasteiger partial charge is 0.344 e. The number of nitrogens with one attached hydrogen (secondary N) is 1. The fourth-order valence-corrected chi connectivity index (χ4v) is 3.30. The lowest BCUT2D eigenvalue weighted by atomic mass is 9.88. The maximum Gasteiger partial charge on any atom is 0.273 e. The molecule has 2 aromatic rings. The molecule has 1 aromatic carbocycles. The van der Waals surface area contributed by atoms with Gasteiger partial charge in [0.15, 0.2) is 5.69 Å². The van der Waals surface area contributed by atoms with Crippen molar-refractivity contribution in [3.05, 3.63) is 51.8 Å². The summed E-state index contributed by atoms with van der Waals surface area (Å²) in [4.78, 5) is 12.3. The molecule has 3 rings (SSSR count). The molecule has 5 heteroatoms. The molecule has 1 N–H and O–H groups in total. The summed E-state index contributed by atoms with van der Waals surface area (Å²) in [5.74, 6) is -0.126. The molecule has 0 saturated carbocycles. The molecule has 1 heterocycles. The summed E-state index contributed by atoms with van der Waals surface area (Å²) in [6.45, 7) is 0. The molecule has 0 aliphatic heterocycles. The molecule has 1 aliphatic rings. The van der Waals surface area contributed by atoms with Crippen molar-refractivity contribution < 1.29 is 4.79 Å². The number of fused-ring (bicyclic) bond motifs is 1. The standard InChI is InChI=1S/C15H16BrN3O/c1-19-9-12(16)14(18-19)15(20)17-13-8-4-6-10-5-2-3-7-11(10)13/h2-3,5,7,9,13H,4,6,8H2,1H3,(H,17,20). The van der Waals surface area contributed by atoms with Gasteiger partial charge in [0.2, 0.25) is 0 Å². The first kappa shape index (κ1) is 13.4. The molecule has 4 nitrogen and oxygen atoms in total. The molecule has 20 heavy (non-hydrogen) atoms. The molecule has 1 atom stereocenters. The molecule has 0 spiro atoms. The predicted octanol–water partition coefficient (Wildman–Crippen LogP) is 2.99. The van der Waals surface area contributed by atoms with Gasteiger partial charge in [-0.15, -0.1) is 0 Å². The average molecular weight is 334 g/mol. The van der Waals surface area contributed by atoms with Gasteiger partial charge in [-0.1, -0.05) is 24.3 Å². The number of rotatable bonds is 2. The van der Waals surface area contributed by atoms with Crippen molar-refractivity contribution in [3.8, 4) is 0 Å². The predicted molar refractivity (Wildman–Crippen MR) is 80.5 cm³/mol. The molecular weight excluding hydrogens is 318 g/mol. The molecule has 1 amide bonds. The van der Waals surface area contributed by atoms with E-state index < -0.39 is 0 Å². The minimum absolute atomic E-state index is 0.0846. The van der Waals surface area contributed by atoms with Crippen molar-refractivity contribution in [2.45, 2.75) is 25.3 Å². The Morgan fingerprint density at radius 1 is 1.45 bits per heavy atom. The lowest BCUT2D eigenvalue weighted by Crippen LogP contribution is -2.31. The molecule has 104 valence electrons. The van der Waals surface area contributed by atoms with Crippen molar-refractivity contribution in [1.29, 1.82) is 0 Å². The van der Waals surface area contributed by atoms with Crippen LogP contribution in [-0.2, 0) is 13.5 Å². The number of benzene rings is 1. The quantitative estimate of drug-likeness (QED) is 0.918. The lowest BCUT2D eigenvalue weighted by molar-refractivity contribution is 0.0926. The van der Waals surface area contributed by atoms with Crippen molar-refractivity contribution >= 4 is 21.8 Å². The topological polar surface area (TPSA) is 46.9 Å². The van der Waals surface area contributed by atoms with Crippen molar-refractivity contribution in [1.82, 2.24) is 15.1 Å². The number of hydrogen-bond acceptors (Lipinski definition) is 2. The number of amides is 1. The van der Waals surface area contributed by atoms with Crippen LogP contribution in [0.5, 0.6) is 0 Å². The van der Waals surface area contributed by atoms with Crippen LogP contribution in [0.1, 0.15) is 40.5 Å². The van der Waals surface area contributed by atoms with Crippen LogP contribution in [0, 0.1) is 0 Å². The first-order valence-electron chi connectivity index (χ1n) is 6.73. The van der Waals surface area contributed by atoms with Gasteiger partial charge in [0.25, 0.3) is 5.91 Å². The summed E-state index contributed by atoms with van der Waals surface area (Å²) >= 11 is 3.37. The summed E-state index contributed by atoms with van der Waals surface area (Å²) in [7, 11) is 1.80. The monoisotopic (exact) mass is 333 g/mol. The van der Waals surface area contributed by atoms with E-state index in [2.05, 4.69) is 44.5 Å². The van der Waals surface area contributed by atoms with Crippen LogP contribution >= 0.6 is 15.9 Å². The Morgan fingerprint density at radius 2 is 2.25 bits per heavy atom. The van der Waals surface area contributed by atoms with Crippen LogP contribution in [0.2, 0.25) is 0 Å². The Kier molecular flexibility index (Phi) is 3.61. The van der Waals surface area contributed by atoms with E-state index >= 15 is 0 Å². The molecular formula is C15H16BrN3O. The number of carbonyl (C=O) groups excluding carboxylic acids is 1. The first-order chi connectivity index (χ1) is 9.65. The fraction of sp³-hybridized carbons (Fsp3) is 0.333. The minimum atomic E-state index is -0.126. The van der Waals surface area contributed by atoms with Crippen LogP contribution < -0.4 is 5.32 Å². The zero-order valence-electron chi connectivity index (χ0n) is 11.3. The third-order valence-electron chi connectivity index (χ3n) is 3.67. The van der Waals surface area contributed by atoms with E-state index in [0.717, 1.165) is 23.7 Å². The second-order valence-electron chi connectivity index (χ2n) is 5.12. The first-order valence-corrected chi connectivity index (χ1v) is 7.52. The van der Waals surface area contributed by atoms with E-state index in [0.29, 0.717) is 5.69 Å². The molecule has 0 bridgehead atoms. The molecule has 1 aliphatic carbocycles. The highest BCUT2D eigenvalue weighted by Crippen LogP contribution is 2.29. The van der Waals surface area contributed by atoms with Gasteiger partial charge < -0.3 is 5.32 Å². The Balaban J connectivity index is 1.82.